The number of unbranched alkanes of at least 4 members (excludes halogenated alkanes) is 2. The number of rotatable bonds is 6. The first-order valence-electron chi connectivity index (χ1n) is 10.2. The number of aromatic nitrogens is 4. The average molecular weight is 356 g/mol. The van der Waals surface area contributed by atoms with Crippen LogP contribution in [0.5, 0.6) is 0 Å². The standard InChI is InChI=1S/C21H31N4O/c1-3-4-6-9-20-10-13-21(14-11-20,15-12-20)19-23-22-18(24(19)2)17-8-5-7-16-25(17)26/h5,7-8,16,26H,3-4,6,9-15H2,1-2H3/q+1. The minimum absolute atomic E-state index is 0.182. The number of hydrogen-bond donors (Lipinski definition) is 1. The van der Waals surface area contributed by atoms with E-state index >= 15 is 0 Å². The number of pyridine rings is 1. The predicted molar refractivity (Wildman–Crippen MR) is 99.8 cm³/mol. The Labute approximate surface area is 156 Å². The molecular weight excluding hydrogens is 324 g/mol. The van der Waals surface area contributed by atoms with E-state index in [1.807, 2.05) is 19.2 Å². The molecule has 26 heavy (non-hydrogen) atoms. The van der Waals surface area contributed by atoms with E-state index in [1.54, 1.807) is 12.3 Å². The van der Waals surface area contributed by atoms with Gasteiger partial charge in [-0.1, -0.05) is 26.2 Å². The summed E-state index contributed by atoms with van der Waals surface area (Å²) in [7, 11) is 2.05. The van der Waals surface area contributed by atoms with Crippen molar-refractivity contribution in [2.45, 2.75) is 76.5 Å². The van der Waals surface area contributed by atoms with Crippen LogP contribution in [0, 0.1) is 5.41 Å². The molecule has 3 fully saturated rings. The average Bonchev–Trinajstić information content (AvgIpc) is 3.06. The first kappa shape index (κ1) is 17.5. The van der Waals surface area contributed by atoms with Gasteiger partial charge in [-0.15, -0.1) is 10.2 Å². The largest absolute Gasteiger partial charge is 0.308 e. The SMILES string of the molecule is CCCCCC12CCC(c3nnc(-c4cccc[n+]4O)n3C)(CC1)CC2. The second-order valence-electron chi connectivity index (χ2n) is 8.57. The van der Waals surface area contributed by atoms with E-state index < -0.39 is 0 Å². The maximum absolute atomic E-state index is 10.1. The van der Waals surface area contributed by atoms with E-state index in [-0.39, 0.29) is 5.41 Å². The predicted octanol–water partition coefficient (Wildman–Crippen LogP) is 4.18. The van der Waals surface area contributed by atoms with E-state index in [1.165, 1.54) is 64.2 Å². The van der Waals surface area contributed by atoms with Crippen molar-refractivity contribution in [1.29, 1.82) is 0 Å². The molecule has 0 saturated heterocycles. The summed E-state index contributed by atoms with van der Waals surface area (Å²) in [4.78, 5) is 0. The van der Waals surface area contributed by atoms with Gasteiger partial charge in [0.05, 0.1) is 0 Å². The Kier molecular flexibility index (Phi) is 4.49. The van der Waals surface area contributed by atoms with Gasteiger partial charge in [-0.25, -0.2) is 0 Å². The normalized spacial score (nSPS) is 27.8. The van der Waals surface area contributed by atoms with Crippen LogP contribution in [0.1, 0.15) is 77.0 Å². The highest BCUT2D eigenvalue weighted by Gasteiger charge is 2.51. The fourth-order valence-electron chi connectivity index (χ4n) is 5.35. The highest BCUT2D eigenvalue weighted by atomic mass is 16.5. The second-order valence-corrected chi connectivity index (χ2v) is 8.57. The molecule has 3 aliphatic rings. The van der Waals surface area contributed by atoms with Crippen LogP contribution in [0.4, 0.5) is 0 Å². The van der Waals surface area contributed by atoms with Crippen molar-refractivity contribution in [3.05, 3.63) is 30.2 Å². The molecule has 5 rings (SSSR count). The van der Waals surface area contributed by atoms with Crippen molar-refractivity contribution >= 4 is 0 Å². The van der Waals surface area contributed by atoms with Gasteiger partial charge in [-0.3, -0.25) is 5.21 Å². The third kappa shape index (κ3) is 2.81. The maximum atomic E-state index is 10.1. The van der Waals surface area contributed by atoms with E-state index in [4.69, 9.17) is 0 Å². The summed E-state index contributed by atoms with van der Waals surface area (Å²) in [6, 6.07) is 5.60. The van der Waals surface area contributed by atoms with E-state index in [0.29, 0.717) is 11.1 Å². The number of nitrogens with zero attached hydrogens (tertiary/aromatic N) is 4. The van der Waals surface area contributed by atoms with E-state index in [9.17, 15) is 5.21 Å². The lowest BCUT2D eigenvalue weighted by molar-refractivity contribution is -0.896. The van der Waals surface area contributed by atoms with Crippen LogP contribution in [0.25, 0.3) is 11.5 Å². The zero-order valence-corrected chi connectivity index (χ0v) is 16.1. The smallest absolute Gasteiger partial charge is 0.301 e. The van der Waals surface area contributed by atoms with Crippen LogP contribution in [-0.2, 0) is 12.5 Å². The molecule has 5 heteroatoms. The van der Waals surface area contributed by atoms with Crippen LogP contribution in [0.3, 0.4) is 0 Å². The molecule has 0 aromatic carbocycles. The third-order valence-corrected chi connectivity index (χ3v) is 7.13. The summed E-state index contributed by atoms with van der Waals surface area (Å²) in [5.41, 5.74) is 1.47. The lowest BCUT2D eigenvalue weighted by atomic mass is 9.52. The molecule has 2 aromatic heterocycles. The molecule has 1 N–H and O–H groups in total. The topological polar surface area (TPSA) is 54.8 Å². The molecule has 5 nitrogen and oxygen atoms in total. The van der Waals surface area contributed by atoms with Gasteiger partial charge in [0.25, 0.3) is 0 Å². The Bertz CT molecular complexity index is 758. The molecule has 2 heterocycles. The molecule has 0 unspecified atom stereocenters. The Morgan fingerprint density at radius 3 is 2.46 bits per heavy atom. The maximum Gasteiger partial charge on any atom is 0.301 e. The molecule has 3 aliphatic carbocycles. The van der Waals surface area contributed by atoms with E-state index in [2.05, 4.69) is 21.7 Å². The fourth-order valence-corrected chi connectivity index (χ4v) is 5.35. The Hall–Kier alpha value is -1.91. The van der Waals surface area contributed by atoms with Crippen LogP contribution in [-0.4, -0.2) is 20.0 Å². The Balaban J connectivity index is 1.56. The zero-order valence-electron chi connectivity index (χ0n) is 16.1. The quantitative estimate of drug-likeness (QED) is 0.480. The van der Waals surface area contributed by atoms with Crippen molar-refractivity contribution < 1.29 is 9.94 Å². The van der Waals surface area contributed by atoms with Gasteiger partial charge in [-0.2, -0.15) is 0 Å². The molecular formula is C21H31N4O+. The minimum Gasteiger partial charge on any atom is -0.308 e. The lowest BCUT2D eigenvalue weighted by Crippen LogP contribution is -2.45. The van der Waals surface area contributed by atoms with Crippen LogP contribution in [0.15, 0.2) is 24.4 Å². The van der Waals surface area contributed by atoms with E-state index in [0.717, 1.165) is 16.4 Å². The number of fused-ring (bicyclic) bond motifs is 3. The van der Waals surface area contributed by atoms with Crippen molar-refractivity contribution in [3.63, 3.8) is 0 Å². The summed E-state index contributed by atoms with van der Waals surface area (Å²) in [6.45, 7) is 2.29. The van der Waals surface area contributed by atoms with Crippen molar-refractivity contribution in [2.75, 3.05) is 0 Å². The Morgan fingerprint density at radius 1 is 1.08 bits per heavy atom. The fraction of sp³-hybridized carbons (Fsp3) is 0.667. The number of hydrogen-bond acceptors (Lipinski definition) is 3. The minimum atomic E-state index is 0.182. The van der Waals surface area contributed by atoms with Crippen LogP contribution >= 0.6 is 0 Å². The highest BCUT2D eigenvalue weighted by molar-refractivity contribution is 5.45. The molecule has 0 spiro atoms. The van der Waals surface area contributed by atoms with Gasteiger partial charge < -0.3 is 4.57 Å². The van der Waals surface area contributed by atoms with Crippen LogP contribution < -0.4 is 4.73 Å². The van der Waals surface area contributed by atoms with Crippen molar-refractivity contribution in [1.82, 2.24) is 14.8 Å². The van der Waals surface area contributed by atoms with Crippen LogP contribution in [0.2, 0.25) is 0 Å². The van der Waals surface area contributed by atoms with Crippen molar-refractivity contribution in [2.24, 2.45) is 12.5 Å². The first-order valence-corrected chi connectivity index (χ1v) is 10.2. The van der Waals surface area contributed by atoms with Gasteiger partial charge in [0, 0.05) is 29.3 Å². The van der Waals surface area contributed by atoms with Gasteiger partial charge in [0.1, 0.15) is 5.82 Å². The lowest BCUT2D eigenvalue weighted by Gasteiger charge is -2.53. The summed E-state index contributed by atoms with van der Waals surface area (Å²) in [6.07, 6.45) is 14.8. The summed E-state index contributed by atoms with van der Waals surface area (Å²) in [5, 5.41) is 19.2. The summed E-state index contributed by atoms with van der Waals surface area (Å²) >= 11 is 0. The highest BCUT2D eigenvalue weighted by Crippen LogP contribution is 2.59. The molecule has 2 bridgehead atoms. The van der Waals surface area contributed by atoms with Crippen molar-refractivity contribution in [3.8, 4) is 11.5 Å². The summed E-state index contributed by atoms with van der Waals surface area (Å²) in [5.74, 6) is 1.85. The monoisotopic (exact) mass is 355 g/mol. The molecule has 0 atom stereocenters. The summed E-state index contributed by atoms with van der Waals surface area (Å²) < 4.78 is 3.24. The molecule has 0 amide bonds. The molecule has 140 valence electrons. The van der Waals surface area contributed by atoms with Gasteiger partial charge >= 0.3 is 5.69 Å². The van der Waals surface area contributed by atoms with Gasteiger partial charge in [0.15, 0.2) is 0 Å². The molecule has 3 saturated carbocycles. The second kappa shape index (κ2) is 6.67. The van der Waals surface area contributed by atoms with Gasteiger partial charge in [-0.05, 0) is 56.4 Å². The molecule has 2 aromatic rings. The molecule has 0 radical (unpaired) electrons. The first-order chi connectivity index (χ1) is 12.6. The third-order valence-electron chi connectivity index (χ3n) is 7.13. The Morgan fingerprint density at radius 2 is 1.81 bits per heavy atom. The molecule has 0 aliphatic heterocycles. The zero-order chi connectivity index (χ0) is 18.2. The van der Waals surface area contributed by atoms with Gasteiger partial charge in [0.2, 0.25) is 12.0 Å².